The van der Waals surface area contributed by atoms with Gasteiger partial charge in [0.05, 0.1) is 17.6 Å². The molecule has 2 amide bonds. The Morgan fingerprint density at radius 1 is 1.52 bits per heavy atom. The van der Waals surface area contributed by atoms with Crippen molar-refractivity contribution in [1.82, 2.24) is 15.2 Å². The highest BCUT2D eigenvalue weighted by atomic mass is 79.9. The van der Waals surface area contributed by atoms with Gasteiger partial charge >= 0.3 is 6.09 Å². The van der Waals surface area contributed by atoms with Crippen LogP contribution < -0.4 is 10.1 Å². The lowest BCUT2D eigenvalue weighted by Gasteiger charge is -2.34. The molecule has 27 heavy (non-hydrogen) atoms. The quantitative estimate of drug-likeness (QED) is 0.514. The Morgan fingerprint density at radius 2 is 2.26 bits per heavy atom. The maximum atomic E-state index is 12.3. The molecule has 1 aromatic heterocycles. The Bertz CT molecular complexity index is 681. The predicted octanol–water partition coefficient (Wildman–Crippen LogP) is 3.77. The molecular formula is C18H25BrClN3O4. The molecule has 2 rings (SSSR count). The smallest absolute Gasteiger partial charge is 0.410 e. The third kappa shape index (κ3) is 6.84. The monoisotopic (exact) mass is 461 g/mol. The largest absolute Gasteiger partial charge is 0.491 e. The van der Waals surface area contributed by atoms with E-state index in [-0.39, 0.29) is 18.6 Å². The van der Waals surface area contributed by atoms with Crippen molar-refractivity contribution < 1.29 is 19.1 Å². The number of piperidine rings is 1. The highest BCUT2D eigenvalue weighted by Crippen LogP contribution is 2.29. The topological polar surface area (TPSA) is 80.8 Å². The number of carbonyl (C=O) groups is 2. The molecule has 9 heteroatoms. The summed E-state index contributed by atoms with van der Waals surface area (Å²) in [7, 11) is 0. The van der Waals surface area contributed by atoms with Crippen LogP contribution >= 0.6 is 27.5 Å². The number of hydrogen-bond donors (Lipinski definition) is 1. The van der Waals surface area contributed by atoms with Crippen molar-refractivity contribution in [2.75, 3.05) is 19.7 Å². The maximum Gasteiger partial charge on any atom is 0.410 e. The number of halogens is 2. The average molecular weight is 463 g/mol. The first-order chi connectivity index (χ1) is 12.7. The molecule has 0 radical (unpaired) electrons. The third-order valence-corrected chi connectivity index (χ3v) is 5.09. The number of nitrogens with zero attached hydrogens (tertiary/aromatic N) is 2. The molecule has 0 aromatic carbocycles. The summed E-state index contributed by atoms with van der Waals surface area (Å²) in [6.07, 6.45) is 2.17. The van der Waals surface area contributed by atoms with Gasteiger partial charge in [-0.05, 0) is 55.6 Å². The molecular weight excluding hydrogens is 438 g/mol. The second-order valence-corrected chi connectivity index (χ2v) is 8.66. The number of ether oxygens (including phenoxy) is 2. The summed E-state index contributed by atoms with van der Waals surface area (Å²) >= 11 is 9.37. The number of nitrogens with one attached hydrogen (secondary N) is 1. The van der Waals surface area contributed by atoms with E-state index in [9.17, 15) is 9.59 Å². The van der Waals surface area contributed by atoms with E-state index in [2.05, 4.69) is 26.2 Å². The van der Waals surface area contributed by atoms with Gasteiger partial charge in [-0.1, -0.05) is 11.6 Å². The van der Waals surface area contributed by atoms with E-state index in [1.165, 1.54) is 0 Å². The zero-order valence-electron chi connectivity index (χ0n) is 15.8. The fourth-order valence-corrected chi connectivity index (χ4v) is 3.23. The Labute approximate surface area is 172 Å². The van der Waals surface area contributed by atoms with E-state index in [0.717, 1.165) is 12.8 Å². The molecule has 2 heterocycles. The average Bonchev–Trinajstić information content (AvgIpc) is 2.60. The van der Waals surface area contributed by atoms with Gasteiger partial charge < -0.3 is 19.7 Å². The van der Waals surface area contributed by atoms with Gasteiger partial charge in [0.2, 0.25) is 6.41 Å². The van der Waals surface area contributed by atoms with E-state index in [0.29, 0.717) is 47.2 Å². The molecule has 1 atom stereocenters. The SMILES string of the molecule is CC(C)(C)OC(=O)N1CCCC(COc2cc(Br)c(Cl)nc2CNC=O)C1. The lowest BCUT2D eigenvalue weighted by Crippen LogP contribution is -2.44. The highest BCUT2D eigenvalue weighted by molar-refractivity contribution is 9.10. The molecule has 7 nitrogen and oxygen atoms in total. The minimum Gasteiger partial charge on any atom is -0.491 e. The van der Waals surface area contributed by atoms with Gasteiger partial charge in [-0.2, -0.15) is 0 Å². The molecule has 1 aliphatic heterocycles. The molecule has 1 aliphatic rings. The molecule has 0 saturated carbocycles. The van der Waals surface area contributed by atoms with Crippen LogP contribution in [0, 0.1) is 5.92 Å². The van der Waals surface area contributed by atoms with Crippen LogP contribution in [0.2, 0.25) is 5.15 Å². The summed E-state index contributed by atoms with van der Waals surface area (Å²) in [4.78, 5) is 28.8. The van der Waals surface area contributed by atoms with Gasteiger partial charge in [0.1, 0.15) is 22.2 Å². The Kier molecular flexibility index (Phi) is 7.73. The Hall–Kier alpha value is -1.54. The number of hydrogen-bond acceptors (Lipinski definition) is 5. The van der Waals surface area contributed by atoms with E-state index in [1.807, 2.05) is 20.8 Å². The first kappa shape index (κ1) is 21.8. The summed E-state index contributed by atoms with van der Waals surface area (Å²) in [6, 6.07) is 1.74. The second kappa shape index (κ2) is 9.59. The molecule has 0 bridgehead atoms. The first-order valence-electron chi connectivity index (χ1n) is 8.82. The number of aromatic nitrogens is 1. The van der Waals surface area contributed by atoms with Crippen molar-refractivity contribution in [3.05, 3.63) is 21.4 Å². The van der Waals surface area contributed by atoms with Gasteiger partial charge in [0, 0.05) is 19.0 Å². The highest BCUT2D eigenvalue weighted by Gasteiger charge is 2.28. The van der Waals surface area contributed by atoms with Crippen LogP contribution in [0.5, 0.6) is 5.75 Å². The lowest BCUT2D eigenvalue weighted by atomic mass is 9.99. The predicted molar refractivity (Wildman–Crippen MR) is 106 cm³/mol. The Morgan fingerprint density at radius 3 is 2.93 bits per heavy atom. The summed E-state index contributed by atoms with van der Waals surface area (Å²) in [5.74, 6) is 0.739. The van der Waals surface area contributed by atoms with Crippen molar-refractivity contribution >= 4 is 40.0 Å². The Balaban J connectivity index is 1.98. The summed E-state index contributed by atoms with van der Waals surface area (Å²) in [6.45, 7) is 7.50. The number of carbonyl (C=O) groups excluding carboxylic acids is 2. The van der Waals surface area contributed by atoms with E-state index < -0.39 is 5.60 Å². The molecule has 1 saturated heterocycles. The van der Waals surface area contributed by atoms with Gasteiger partial charge in [0.15, 0.2) is 0 Å². The van der Waals surface area contributed by atoms with Crippen LogP contribution in [0.25, 0.3) is 0 Å². The second-order valence-electron chi connectivity index (χ2n) is 7.45. The van der Waals surface area contributed by atoms with Crippen LogP contribution in [-0.4, -0.2) is 47.7 Å². The fraction of sp³-hybridized carbons (Fsp3) is 0.611. The van der Waals surface area contributed by atoms with Crippen molar-refractivity contribution in [3.63, 3.8) is 0 Å². The standard InChI is InChI=1S/C18H25BrClN3O4/c1-18(2,3)27-17(25)23-6-4-5-12(9-23)10-26-15-7-13(19)16(20)22-14(15)8-21-11-24/h7,11-12H,4-6,8-10H2,1-3H3,(H,21,24). The van der Waals surface area contributed by atoms with Crippen molar-refractivity contribution in [2.24, 2.45) is 5.92 Å². The van der Waals surface area contributed by atoms with Gasteiger partial charge in [-0.25, -0.2) is 9.78 Å². The molecule has 150 valence electrons. The van der Waals surface area contributed by atoms with Gasteiger partial charge in [0.25, 0.3) is 0 Å². The molecule has 0 spiro atoms. The normalized spacial score (nSPS) is 17.4. The fourth-order valence-electron chi connectivity index (χ4n) is 2.78. The molecule has 1 aromatic rings. The molecule has 1 unspecified atom stereocenters. The van der Waals surface area contributed by atoms with Crippen molar-refractivity contribution in [1.29, 1.82) is 0 Å². The van der Waals surface area contributed by atoms with E-state index >= 15 is 0 Å². The minimum absolute atomic E-state index is 0.188. The number of likely N-dealkylation sites (tertiary alicyclic amines) is 1. The zero-order valence-corrected chi connectivity index (χ0v) is 18.1. The van der Waals surface area contributed by atoms with Crippen LogP contribution in [0.3, 0.4) is 0 Å². The number of rotatable bonds is 6. The number of pyridine rings is 1. The summed E-state index contributed by atoms with van der Waals surface area (Å²) in [5, 5.41) is 2.87. The number of amides is 2. The van der Waals surface area contributed by atoms with E-state index in [4.69, 9.17) is 21.1 Å². The van der Waals surface area contributed by atoms with Crippen molar-refractivity contribution in [3.8, 4) is 5.75 Å². The molecule has 1 fully saturated rings. The summed E-state index contributed by atoms with van der Waals surface area (Å²) in [5.41, 5.74) is 0.0394. The van der Waals surface area contributed by atoms with Gasteiger partial charge in [-0.15, -0.1) is 0 Å². The maximum absolute atomic E-state index is 12.3. The lowest BCUT2D eigenvalue weighted by molar-refractivity contribution is -0.109. The van der Waals surface area contributed by atoms with Crippen molar-refractivity contribution in [2.45, 2.75) is 45.8 Å². The van der Waals surface area contributed by atoms with Crippen LogP contribution in [0.15, 0.2) is 10.5 Å². The minimum atomic E-state index is -0.512. The third-order valence-electron chi connectivity index (χ3n) is 3.97. The molecule has 0 aliphatic carbocycles. The molecule has 1 N–H and O–H groups in total. The summed E-state index contributed by atoms with van der Waals surface area (Å²) < 4.78 is 12.0. The van der Waals surface area contributed by atoms with Gasteiger partial charge in [-0.3, -0.25) is 4.79 Å². The first-order valence-corrected chi connectivity index (χ1v) is 9.99. The van der Waals surface area contributed by atoms with E-state index in [1.54, 1.807) is 11.0 Å². The van der Waals surface area contributed by atoms with Crippen LogP contribution in [-0.2, 0) is 16.1 Å². The zero-order chi connectivity index (χ0) is 20.0. The van der Waals surface area contributed by atoms with Crippen LogP contribution in [0.4, 0.5) is 4.79 Å². The van der Waals surface area contributed by atoms with Crippen LogP contribution in [0.1, 0.15) is 39.3 Å².